The van der Waals surface area contributed by atoms with Gasteiger partial charge in [0.1, 0.15) is 0 Å². The number of carbonyl (C=O) groups excluding carboxylic acids is 3. The van der Waals surface area contributed by atoms with Crippen molar-refractivity contribution in [1.29, 1.82) is 0 Å². The topological polar surface area (TPSA) is 75.7 Å². The van der Waals surface area contributed by atoms with E-state index in [9.17, 15) is 14.4 Å². The zero-order chi connectivity index (χ0) is 21.0. The number of nitrogens with zero attached hydrogens (tertiary/aromatic N) is 1. The third-order valence-electron chi connectivity index (χ3n) is 4.92. The van der Waals surface area contributed by atoms with Crippen molar-refractivity contribution in [2.75, 3.05) is 23.4 Å². The van der Waals surface area contributed by atoms with Crippen LogP contribution in [-0.4, -0.2) is 30.9 Å². The van der Waals surface area contributed by atoms with Gasteiger partial charge in [0.05, 0.1) is 5.92 Å². The Labute approximate surface area is 178 Å². The first kappa shape index (κ1) is 21.0. The van der Waals surface area contributed by atoms with Gasteiger partial charge in [0.15, 0.2) is 6.61 Å². The number of benzene rings is 2. The number of aryl methyl sites for hydroxylation is 2. The number of rotatable bonds is 6. The van der Waals surface area contributed by atoms with Crippen LogP contribution in [0.25, 0.3) is 0 Å². The predicted octanol–water partition coefficient (Wildman–Crippen LogP) is 3.85. The highest BCUT2D eigenvalue weighted by molar-refractivity contribution is 9.10. The van der Waals surface area contributed by atoms with E-state index >= 15 is 0 Å². The predicted molar refractivity (Wildman–Crippen MR) is 115 cm³/mol. The van der Waals surface area contributed by atoms with E-state index in [2.05, 4.69) is 28.2 Å². The molecule has 2 amide bonds. The van der Waals surface area contributed by atoms with E-state index in [1.165, 1.54) is 5.56 Å². The van der Waals surface area contributed by atoms with Crippen LogP contribution >= 0.6 is 15.9 Å². The highest BCUT2D eigenvalue weighted by atomic mass is 79.9. The van der Waals surface area contributed by atoms with Crippen molar-refractivity contribution in [3.63, 3.8) is 0 Å². The van der Waals surface area contributed by atoms with Gasteiger partial charge in [-0.05, 0) is 54.8 Å². The summed E-state index contributed by atoms with van der Waals surface area (Å²) in [6, 6.07) is 13.2. The molecule has 1 saturated heterocycles. The van der Waals surface area contributed by atoms with Gasteiger partial charge in [-0.15, -0.1) is 0 Å². The van der Waals surface area contributed by atoms with Gasteiger partial charge in [-0.2, -0.15) is 0 Å². The highest BCUT2D eigenvalue weighted by Gasteiger charge is 2.36. The van der Waals surface area contributed by atoms with Gasteiger partial charge in [-0.3, -0.25) is 14.4 Å². The Balaban J connectivity index is 1.52. The van der Waals surface area contributed by atoms with Gasteiger partial charge in [-0.25, -0.2) is 0 Å². The maximum absolute atomic E-state index is 12.3. The monoisotopic (exact) mass is 458 g/mol. The zero-order valence-corrected chi connectivity index (χ0v) is 18.0. The number of anilines is 2. The van der Waals surface area contributed by atoms with Crippen molar-refractivity contribution in [3.05, 3.63) is 58.1 Å². The molecule has 1 heterocycles. The molecule has 1 aliphatic heterocycles. The molecule has 1 fully saturated rings. The summed E-state index contributed by atoms with van der Waals surface area (Å²) in [5, 5.41) is 2.72. The van der Waals surface area contributed by atoms with Crippen LogP contribution in [0.5, 0.6) is 0 Å². The van der Waals surface area contributed by atoms with Crippen molar-refractivity contribution in [2.45, 2.75) is 26.7 Å². The van der Waals surface area contributed by atoms with E-state index in [1.807, 2.05) is 43.3 Å². The SMILES string of the molecule is CCc1ccc(N2C[C@@H](C(=O)OCC(=O)Nc3ccc(Br)cc3C)CC2=O)cc1. The van der Waals surface area contributed by atoms with E-state index in [-0.39, 0.29) is 25.5 Å². The minimum atomic E-state index is -0.574. The molecule has 0 bridgehead atoms. The molecule has 3 rings (SSSR count). The molecule has 152 valence electrons. The smallest absolute Gasteiger partial charge is 0.311 e. The van der Waals surface area contributed by atoms with Gasteiger partial charge >= 0.3 is 5.97 Å². The van der Waals surface area contributed by atoms with Crippen molar-refractivity contribution in [2.24, 2.45) is 5.92 Å². The lowest BCUT2D eigenvalue weighted by atomic mass is 10.1. The number of amides is 2. The van der Waals surface area contributed by atoms with E-state index in [0.717, 1.165) is 22.1 Å². The lowest BCUT2D eigenvalue weighted by molar-refractivity contribution is -0.151. The molecule has 1 N–H and O–H groups in total. The summed E-state index contributed by atoms with van der Waals surface area (Å²) >= 11 is 3.37. The van der Waals surface area contributed by atoms with Gasteiger partial charge in [0.25, 0.3) is 5.91 Å². The molecular formula is C22H23BrN2O4. The summed E-state index contributed by atoms with van der Waals surface area (Å²) in [7, 11) is 0. The minimum absolute atomic E-state index is 0.0851. The normalized spacial score (nSPS) is 16.0. The number of carbonyl (C=O) groups is 3. The first-order valence-electron chi connectivity index (χ1n) is 9.49. The van der Waals surface area contributed by atoms with Gasteiger partial charge in [0.2, 0.25) is 5.91 Å². The molecule has 0 spiro atoms. The van der Waals surface area contributed by atoms with Crippen LogP contribution in [0, 0.1) is 12.8 Å². The van der Waals surface area contributed by atoms with Crippen molar-refractivity contribution in [3.8, 4) is 0 Å². The highest BCUT2D eigenvalue weighted by Crippen LogP contribution is 2.26. The van der Waals surface area contributed by atoms with Crippen LogP contribution in [-0.2, 0) is 25.5 Å². The number of esters is 1. The standard InChI is InChI=1S/C22H23BrN2O4/c1-3-15-4-7-18(8-5-15)25-12-16(11-21(25)27)22(28)29-13-20(26)24-19-9-6-17(23)10-14(19)2/h4-10,16H,3,11-13H2,1-2H3,(H,24,26)/t16-/m0/s1. The van der Waals surface area contributed by atoms with Crippen molar-refractivity contribution < 1.29 is 19.1 Å². The average molecular weight is 459 g/mol. The fraction of sp³-hybridized carbons (Fsp3) is 0.318. The second-order valence-corrected chi connectivity index (χ2v) is 7.96. The average Bonchev–Trinajstić information content (AvgIpc) is 3.10. The van der Waals surface area contributed by atoms with Crippen LogP contribution in [0.4, 0.5) is 11.4 Å². The Bertz CT molecular complexity index is 927. The molecule has 29 heavy (non-hydrogen) atoms. The van der Waals surface area contributed by atoms with E-state index in [4.69, 9.17) is 4.74 Å². The van der Waals surface area contributed by atoms with Gasteiger partial charge in [-0.1, -0.05) is 35.0 Å². The van der Waals surface area contributed by atoms with Crippen LogP contribution in [0.15, 0.2) is 46.9 Å². The third-order valence-corrected chi connectivity index (χ3v) is 5.42. The molecule has 2 aromatic rings. The summed E-state index contributed by atoms with van der Waals surface area (Å²) in [6.07, 6.45) is 1.01. The van der Waals surface area contributed by atoms with Crippen LogP contribution in [0.1, 0.15) is 24.5 Å². The summed E-state index contributed by atoms with van der Waals surface area (Å²) in [4.78, 5) is 38.4. The Morgan fingerprint density at radius 2 is 1.93 bits per heavy atom. The summed E-state index contributed by atoms with van der Waals surface area (Å²) in [5.74, 6) is -1.64. The lowest BCUT2D eigenvalue weighted by Gasteiger charge is -2.17. The molecule has 0 saturated carbocycles. The molecule has 6 nitrogen and oxygen atoms in total. The molecule has 1 aliphatic rings. The van der Waals surface area contributed by atoms with Crippen LogP contribution in [0.2, 0.25) is 0 Å². The number of ether oxygens (including phenoxy) is 1. The second kappa shape index (κ2) is 9.22. The molecule has 0 aliphatic carbocycles. The largest absolute Gasteiger partial charge is 0.455 e. The summed E-state index contributed by atoms with van der Waals surface area (Å²) in [6.45, 7) is 3.81. The molecule has 0 unspecified atom stereocenters. The number of nitrogens with one attached hydrogen (secondary N) is 1. The first-order valence-corrected chi connectivity index (χ1v) is 10.3. The van der Waals surface area contributed by atoms with Gasteiger partial charge in [0, 0.05) is 28.8 Å². The zero-order valence-electron chi connectivity index (χ0n) is 16.4. The third kappa shape index (κ3) is 5.23. The fourth-order valence-corrected chi connectivity index (χ4v) is 3.71. The molecular weight excluding hydrogens is 436 g/mol. The summed E-state index contributed by atoms with van der Waals surface area (Å²) < 4.78 is 6.07. The van der Waals surface area contributed by atoms with E-state index < -0.39 is 17.8 Å². The molecule has 0 radical (unpaired) electrons. The van der Waals surface area contributed by atoms with Crippen molar-refractivity contribution >= 4 is 45.1 Å². The number of halogens is 1. The van der Waals surface area contributed by atoms with Gasteiger partial charge < -0.3 is 15.0 Å². The Morgan fingerprint density at radius 3 is 2.59 bits per heavy atom. The van der Waals surface area contributed by atoms with Crippen molar-refractivity contribution in [1.82, 2.24) is 0 Å². The maximum Gasteiger partial charge on any atom is 0.311 e. The second-order valence-electron chi connectivity index (χ2n) is 7.04. The van der Waals surface area contributed by atoms with Crippen LogP contribution in [0.3, 0.4) is 0 Å². The Morgan fingerprint density at radius 1 is 1.21 bits per heavy atom. The van der Waals surface area contributed by atoms with E-state index in [0.29, 0.717) is 5.69 Å². The molecule has 2 aromatic carbocycles. The number of hydrogen-bond donors (Lipinski definition) is 1. The summed E-state index contributed by atoms with van der Waals surface area (Å²) in [5.41, 5.74) is 3.51. The van der Waals surface area contributed by atoms with E-state index in [1.54, 1.807) is 11.0 Å². The fourth-order valence-electron chi connectivity index (χ4n) is 3.23. The molecule has 0 aromatic heterocycles. The number of hydrogen-bond acceptors (Lipinski definition) is 4. The molecule has 1 atom stereocenters. The minimum Gasteiger partial charge on any atom is -0.455 e. The van der Waals surface area contributed by atoms with Crippen LogP contribution < -0.4 is 10.2 Å². The maximum atomic E-state index is 12.3. The Hall–Kier alpha value is -2.67. The Kier molecular flexibility index (Phi) is 6.69. The quantitative estimate of drug-likeness (QED) is 0.666. The molecule has 7 heteroatoms. The lowest BCUT2D eigenvalue weighted by Crippen LogP contribution is -2.28. The first-order chi connectivity index (χ1) is 13.9.